The lowest BCUT2D eigenvalue weighted by Crippen LogP contribution is -2.31. The zero-order chi connectivity index (χ0) is 11.4. The molecule has 0 bridgehead atoms. The second-order valence-electron chi connectivity index (χ2n) is 5.94. The van der Waals surface area contributed by atoms with Gasteiger partial charge in [0.25, 0.3) is 0 Å². The molecule has 16 heavy (non-hydrogen) atoms. The normalized spacial score (nSPS) is 33.0. The Hall–Kier alpha value is -0.0800. The fraction of sp³-hybridized carbons (Fsp3) is 1.00. The lowest BCUT2D eigenvalue weighted by atomic mass is 9.80. The lowest BCUT2D eigenvalue weighted by Gasteiger charge is -2.29. The van der Waals surface area contributed by atoms with Gasteiger partial charge in [0.15, 0.2) is 5.79 Å². The van der Waals surface area contributed by atoms with E-state index in [1.54, 1.807) is 0 Å². The van der Waals surface area contributed by atoms with Gasteiger partial charge in [-0.1, -0.05) is 44.9 Å². The van der Waals surface area contributed by atoms with Gasteiger partial charge in [0, 0.05) is 12.8 Å². The molecule has 0 saturated heterocycles. The summed E-state index contributed by atoms with van der Waals surface area (Å²) >= 11 is 0. The number of hydrogen-bond acceptors (Lipinski definition) is 2. The molecule has 2 heteroatoms. The highest BCUT2D eigenvalue weighted by Gasteiger charge is 2.33. The minimum absolute atomic E-state index is 0.565. The van der Waals surface area contributed by atoms with Crippen LogP contribution in [0.15, 0.2) is 0 Å². The van der Waals surface area contributed by atoms with Crippen LogP contribution in [0.3, 0.4) is 0 Å². The first kappa shape index (κ1) is 12.4. The SMILES string of the molecule is OC1(O)CCCCC(C2CCCCCC2)C1. The van der Waals surface area contributed by atoms with Crippen LogP contribution in [0.4, 0.5) is 0 Å². The predicted octanol–water partition coefficient (Wildman–Crippen LogP) is 3.22. The molecular weight excluding hydrogens is 200 g/mol. The lowest BCUT2D eigenvalue weighted by molar-refractivity contribution is -0.177. The van der Waals surface area contributed by atoms with Gasteiger partial charge in [-0.15, -0.1) is 0 Å². The quantitative estimate of drug-likeness (QED) is 0.532. The summed E-state index contributed by atoms with van der Waals surface area (Å²) in [6.07, 6.45) is 12.7. The molecule has 2 fully saturated rings. The largest absolute Gasteiger partial charge is 0.366 e. The van der Waals surface area contributed by atoms with E-state index in [1.807, 2.05) is 0 Å². The fourth-order valence-corrected chi connectivity index (χ4v) is 3.62. The summed E-state index contributed by atoms with van der Waals surface area (Å²) in [5.41, 5.74) is 0. The molecule has 0 aliphatic heterocycles. The third-order valence-electron chi connectivity index (χ3n) is 4.56. The van der Waals surface area contributed by atoms with Crippen molar-refractivity contribution in [3.05, 3.63) is 0 Å². The van der Waals surface area contributed by atoms with Crippen molar-refractivity contribution in [1.29, 1.82) is 0 Å². The minimum Gasteiger partial charge on any atom is -0.366 e. The fourth-order valence-electron chi connectivity index (χ4n) is 3.62. The molecule has 0 aromatic carbocycles. The van der Waals surface area contributed by atoms with Crippen LogP contribution in [-0.2, 0) is 0 Å². The summed E-state index contributed by atoms with van der Waals surface area (Å²) in [6, 6.07) is 0. The predicted molar refractivity (Wildman–Crippen MR) is 64.9 cm³/mol. The Kier molecular flexibility index (Phi) is 4.26. The van der Waals surface area contributed by atoms with Gasteiger partial charge in [0.1, 0.15) is 0 Å². The smallest absolute Gasteiger partial charge is 0.162 e. The van der Waals surface area contributed by atoms with E-state index in [4.69, 9.17) is 0 Å². The molecule has 0 radical (unpaired) electrons. The first-order valence-corrected chi connectivity index (χ1v) is 7.12. The van der Waals surface area contributed by atoms with Crippen LogP contribution in [-0.4, -0.2) is 16.0 Å². The number of rotatable bonds is 1. The van der Waals surface area contributed by atoms with Crippen molar-refractivity contribution in [2.75, 3.05) is 0 Å². The highest BCUT2D eigenvalue weighted by atomic mass is 16.5. The zero-order valence-corrected chi connectivity index (χ0v) is 10.3. The molecule has 2 aliphatic carbocycles. The first-order chi connectivity index (χ1) is 7.67. The van der Waals surface area contributed by atoms with Crippen molar-refractivity contribution in [3.8, 4) is 0 Å². The van der Waals surface area contributed by atoms with Crippen molar-refractivity contribution in [2.45, 2.75) is 76.4 Å². The summed E-state index contributed by atoms with van der Waals surface area (Å²) in [7, 11) is 0. The van der Waals surface area contributed by atoms with Crippen molar-refractivity contribution in [3.63, 3.8) is 0 Å². The van der Waals surface area contributed by atoms with Crippen molar-refractivity contribution in [2.24, 2.45) is 11.8 Å². The number of aliphatic hydroxyl groups is 2. The molecule has 0 aromatic heterocycles. The molecule has 94 valence electrons. The molecule has 0 spiro atoms. The molecule has 2 rings (SSSR count). The minimum atomic E-state index is -1.37. The molecule has 1 unspecified atom stereocenters. The second kappa shape index (κ2) is 5.50. The first-order valence-electron chi connectivity index (χ1n) is 7.12. The Bertz CT molecular complexity index is 205. The average Bonchev–Trinajstić information content (AvgIpc) is 2.57. The summed E-state index contributed by atoms with van der Waals surface area (Å²) in [4.78, 5) is 0. The standard InChI is InChI=1S/C14H26O2/c15-14(16)10-6-5-9-13(11-14)12-7-3-1-2-4-8-12/h12-13,15-16H,1-11H2. The van der Waals surface area contributed by atoms with Gasteiger partial charge >= 0.3 is 0 Å². The van der Waals surface area contributed by atoms with Crippen LogP contribution in [0.25, 0.3) is 0 Å². The summed E-state index contributed by atoms with van der Waals surface area (Å²) < 4.78 is 0. The Labute approximate surface area is 99.1 Å². The molecule has 2 aliphatic rings. The van der Waals surface area contributed by atoms with Crippen LogP contribution in [0.1, 0.15) is 70.6 Å². The zero-order valence-electron chi connectivity index (χ0n) is 10.3. The average molecular weight is 226 g/mol. The van der Waals surface area contributed by atoms with E-state index in [0.29, 0.717) is 18.8 Å². The second-order valence-corrected chi connectivity index (χ2v) is 5.94. The van der Waals surface area contributed by atoms with E-state index in [2.05, 4.69) is 0 Å². The summed E-state index contributed by atoms with van der Waals surface area (Å²) in [6.45, 7) is 0. The van der Waals surface area contributed by atoms with Crippen LogP contribution >= 0.6 is 0 Å². The Morgan fingerprint density at radius 1 is 0.688 bits per heavy atom. The van der Waals surface area contributed by atoms with E-state index < -0.39 is 5.79 Å². The monoisotopic (exact) mass is 226 g/mol. The van der Waals surface area contributed by atoms with Gasteiger partial charge in [-0.2, -0.15) is 0 Å². The van der Waals surface area contributed by atoms with Crippen LogP contribution in [0.2, 0.25) is 0 Å². The van der Waals surface area contributed by atoms with Crippen molar-refractivity contribution in [1.82, 2.24) is 0 Å². The van der Waals surface area contributed by atoms with Gasteiger partial charge in [0.05, 0.1) is 0 Å². The molecule has 2 nitrogen and oxygen atoms in total. The van der Waals surface area contributed by atoms with Crippen molar-refractivity contribution < 1.29 is 10.2 Å². The summed E-state index contributed by atoms with van der Waals surface area (Å²) in [5.74, 6) is -0.0390. The van der Waals surface area contributed by atoms with Gasteiger partial charge in [0.2, 0.25) is 0 Å². The molecule has 0 aromatic rings. The topological polar surface area (TPSA) is 40.5 Å². The van der Waals surface area contributed by atoms with Gasteiger partial charge in [-0.3, -0.25) is 0 Å². The Balaban J connectivity index is 1.95. The maximum Gasteiger partial charge on any atom is 0.162 e. The molecule has 0 amide bonds. The van der Waals surface area contributed by atoms with Crippen molar-refractivity contribution >= 4 is 0 Å². The van der Waals surface area contributed by atoms with E-state index in [1.165, 1.54) is 51.4 Å². The Morgan fingerprint density at radius 2 is 1.25 bits per heavy atom. The third kappa shape index (κ3) is 3.46. The van der Waals surface area contributed by atoms with E-state index in [0.717, 1.165) is 12.3 Å². The van der Waals surface area contributed by atoms with E-state index in [9.17, 15) is 10.2 Å². The Morgan fingerprint density at radius 3 is 1.94 bits per heavy atom. The molecule has 2 saturated carbocycles. The molecule has 2 N–H and O–H groups in total. The highest BCUT2D eigenvalue weighted by molar-refractivity contribution is 4.81. The third-order valence-corrected chi connectivity index (χ3v) is 4.56. The maximum atomic E-state index is 9.88. The van der Waals surface area contributed by atoms with Gasteiger partial charge < -0.3 is 10.2 Å². The van der Waals surface area contributed by atoms with E-state index >= 15 is 0 Å². The molecular formula is C14H26O2. The van der Waals surface area contributed by atoms with Crippen LogP contribution in [0, 0.1) is 11.8 Å². The molecule has 1 atom stereocenters. The maximum absolute atomic E-state index is 9.88. The van der Waals surface area contributed by atoms with Crippen LogP contribution < -0.4 is 0 Å². The highest BCUT2D eigenvalue weighted by Crippen LogP contribution is 2.39. The summed E-state index contributed by atoms with van der Waals surface area (Å²) in [5, 5.41) is 19.8. The van der Waals surface area contributed by atoms with Gasteiger partial charge in [-0.05, 0) is 24.7 Å². The van der Waals surface area contributed by atoms with Gasteiger partial charge in [-0.25, -0.2) is 0 Å². The number of hydrogen-bond donors (Lipinski definition) is 2. The molecule has 0 heterocycles. The van der Waals surface area contributed by atoms with Crippen LogP contribution in [0.5, 0.6) is 0 Å². The van der Waals surface area contributed by atoms with E-state index in [-0.39, 0.29) is 0 Å².